The quantitative estimate of drug-likeness (QED) is 0.316. The molecule has 2 heteroatoms. The summed E-state index contributed by atoms with van der Waals surface area (Å²) in [5.41, 5.74) is 3.38. The summed E-state index contributed by atoms with van der Waals surface area (Å²) in [4.78, 5) is 0. The lowest BCUT2D eigenvalue weighted by atomic mass is 9.75. The van der Waals surface area contributed by atoms with Crippen molar-refractivity contribution in [2.75, 3.05) is 0 Å². The first-order chi connectivity index (χ1) is 12.4. The molecule has 1 aromatic rings. The van der Waals surface area contributed by atoms with Crippen molar-refractivity contribution < 1.29 is 10.2 Å². The van der Waals surface area contributed by atoms with Gasteiger partial charge in [-0.15, -0.1) is 0 Å². The maximum Gasteiger partial charge on any atom is 0.0896 e. The molecule has 2 fully saturated rings. The van der Waals surface area contributed by atoms with Crippen molar-refractivity contribution >= 4 is 0 Å². The molecule has 0 spiro atoms. The Bertz CT molecular complexity index is 581. The Balaban J connectivity index is 0.000000232. The van der Waals surface area contributed by atoms with Crippen LogP contribution in [0.2, 0.25) is 0 Å². The Hall–Kier alpha value is -1.54. The van der Waals surface area contributed by atoms with Crippen molar-refractivity contribution in [1.82, 2.24) is 0 Å². The average molecular weight is 357 g/mol. The number of hydrogen-bond acceptors (Lipinski definition) is 2. The van der Waals surface area contributed by atoms with E-state index in [4.69, 9.17) is 5.11 Å². The van der Waals surface area contributed by atoms with Gasteiger partial charge < -0.3 is 10.2 Å². The zero-order valence-electron chi connectivity index (χ0n) is 16.5. The van der Waals surface area contributed by atoms with Gasteiger partial charge in [-0.25, -0.2) is 0 Å². The van der Waals surface area contributed by atoms with Gasteiger partial charge in [0.1, 0.15) is 0 Å². The number of aliphatic hydroxyl groups excluding tert-OH is 1. The van der Waals surface area contributed by atoms with Crippen LogP contribution < -0.4 is 0 Å². The van der Waals surface area contributed by atoms with Crippen LogP contribution in [0.25, 0.3) is 0 Å². The fraction of sp³-hybridized carbons (Fsp3) is 0.583. The minimum absolute atomic E-state index is 0.325. The van der Waals surface area contributed by atoms with Gasteiger partial charge in [-0.05, 0) is 62.0 Å². The molecule has 0 radical (unpaired) electrons. The standard InChI is InChI=1S/C16H20O.C8H16O/c1-12-3-4-14(11-12)13-5-7-15(8-6-13)16(17)9-2-10-16;1-3-4-5-6-7-8(2)9/h5-8,14,17H,1-4,9-11H2;9H,2-7H2,1H3. The van der Waals surface area contributed by atoms with E-state index < -0.39 is 5.60 Å². The molecule has 1 unspecified atom stereocenters. The lowest BCUT2D eigenvalue weighted by Gasteiger charge is -2.37. The number of allylic oxidation sites excluding steroid dienone is 2. The van der Waals surface area contributed by atoms with Crippen LogP contribution >= 0.6 is 0 Å². The topological polar surface area (TPSA) is 40.5 Å². The summed E-state index contributed by atoms with van der Waals surface area (Å²) in [5.74, 6) is 0.985. The molecule has 2 aliphatic rings. The minimum Gasteiger partial charge on any atom is -0.513 e. The van der Waals surface area contributed by atoms with Gasteiger partial charge in [0.25, 0.3) is 0 Å². The maximum absolute atomic E-state index is 10.3. The van der Waals surface area contributed by atoms with E-state index in [0.29, 0.717) is 11.7 Å². The lowest BCUT2D eigenvalue weighted by molar-refractivity contribution is -0.0388. The second-order valence-corrected chi connectivity index (χ2v) is 8.07. The summed E-state index contributed by atoms with van der Waals surface area (Å²) in [6, 6.07) is 8.65. The zero-order valence-corrected chi connectivity index (χ0v) is 16.5. The van der Waals surface area contributed by atoms with Gasteiger partial charge in [-0.3, -0.25) is 0 Å². The van der Waals surface area contributed by atoms with Crippen molar-refractivity contribution in [3.8, 4) is 0 Å². The average Bonchev–Trinajstić information content (AvgIpc) is 3.04. The predicted octanol–water partition coefficient (Wildman–Crippen LogP) is 6.91. The van der Waals surface area contributed by atoms with E-state index in [0.717, 1.165) is 44.1 Å². The smallest absolute Gasteiger partial charge is 0.0896 e. The third-order valence-corrected chi connectivity index (χ3v) is 5.80. The summed E-state index contributed by atoms with van der Waals surface area (Å²) in [6.07, 6.45) is 12.2. The van der Waals surface area contributed by atoms with E-state index in [1.807, 2.05) is 0 Å². The highest BCUT2D eigenvalue weighted by Gasteiger charge is 2.36. The number of hydrogen-bond donors (Lipinski definition) is 2. The van der Waals surface area contributed by atoms with Crippen LogP contribution in [-0.4, -0.2) is 10.2 Å². The highest BCUT2D eigenvalue weighted by Crippen LogP contribution is 2.42. The van der Waals surface area contributed by atoms with Crippen molar-refractivity contribution in [2.24, 2.45) is 0 Å². The molecule has 144 valence electrons. The van der Waals surface area contributed by atoms with Gasteiger partial charge in [0.2, 0.25) is 0 Å². The molecule has 3 rings (SSSR count). The first kappa shape index (κ1) is 20.8. The molecule has 2 saturated carbocycles. The second kappa shape index (κ2) is 9.97. The Morgan fingerprint density at radius 3 is 2.31 bits per heavy atom. The van der Waals surface area contributed by atoms with Crippen LogP contribution in [0.3, 0.4) is 0 Å². The molecule has 0 saturated heterocycles. The van der Waals surface area contributed by atoms with Crippen LogP contribution in [-0.2, 0) is 5.60 Å². The van der Waals surface area contributed by atoms with E-state index in [1.165, 1.54) is 43.2 Å². The van der Waals surface area contributed by atoms with Crippen molar-refractivity contribution in [3.05, 3.63) is 59.9 Å². The number of benzene rings is 1. The monoisotopic (exact) mass is 356 g/mol. The van der Waals surface area contributed by atoms with Crippen molar-refractivity contribution in [1.29, 1.82) is 0 Å². The van der Waals surface area contributed by atoms with Crippen LogP contribution in [0, 0.1) is 0 Å². The number of aliphatic hydroxyl groups is 2. The van der Waals surface area contributed by atoms with Crippen LogP contribution in [0.5, 0.6) is 0 Å². The van der Waals surface area contributed by atoms with Gasteiger partial charge in [0.15, 0.2) is 0 Å². The van der Waals surface area contributed by atoms with Gasteiger partial charge >= 0.3 is 0 Å². The Kier molecular flexibility index (Phi) is 7.96. The SMILES string of the molecule is C=C(O)CCCCCC.C=C1CCC(c2ccc(C3(O)CCC3)cc2)C1. The van der Waals surface area contributed by atoms with E-state index >= 15 is 0 Å². The molecule has 2 nitrogen and oxygen atoms in total. The van der Waals surface area contributed by atoms with Gasteiger partial charge in [0.05, 0.1) is 11.4 Å². The molecular formula is C24H36O2. The Morgan fingerprint density at radius 1 is 1.15 bits per heavy atom. The number of unbranched alkanes of at least 4 members (excludes halogenated alkanes) is 3. The Labute approximate surface area is 159 Å². The van der Waals surface area contributed by atoms with Gasteiger partial charge in [-0.1, -0.05) is 69.2 Å². The van der Waals surface area contributed by atoms with E-state index in [9.17, 15) is 5.11 Å². The molecule has 2 aliphatic carbocycles. The largest absolute Gasteiger partial charge is 0.513 e. The van der Waals surface area contributed by atoms with Crippen LogP contribution in [0.4, 0.5) is 0 Å². The second-order valence-electron chi connectivity index (χ2n) is 8.07. The van der Waals surface area contributed by atoms with Crippen LogP contribution in [0.1, 0.15) is 94.6 Å². The Morgan fingerprint density at radius 2 is 1.85 bits per heavy atom. The first-order valence-corrected chi connectivity index (χ1v) is 10.3. The highest BCUT2D eigenvalue weighted by atomic mass is 16.3. The molecule has 0 aromatic heterocycles. The molecule has 1 aromatic carbocycles. The molecule has 26 heavy (non-hydrogen) atoms. The van der Waals surface area contributed by atoms with Crippen LogP contribution in [0.15, 0.2) is 48.8 Å². The molecule has 0 bridgehead atoms. The lowest BCUT2D eigenvalue weighted by Crippen LogP contribution is -2.33. The summed E-state index contributed by atoms with van der Waals surface area (Å²) in [7, 11) is 0. The molecule has 0 aliphatic heterocycles. The molecule has 2 N–H and O–H groups in total. The molecule has 0 amide bonds. The normalized spacial score (nSPS) is 20.8. The first-order valence-electron chi connectivity index (χ1n) is 10.3. The third kappa shape index (κ3) is 6.02. The van der Waals surface area contributed by atoms with Gasteiger partial charge in [-0.2, -0.15) is 0 Å². The fourth-order valence-corrected chi connectivity index (χ4v) is 3.84. The fourth-order valence-electron chi connectivity index (χ4n) is 3.84. The van der Waals surface area contributed by atoms with E-state index in [2.05, 4.69) is 44.3 Å². The minimum atomic E-state index is -0.516. The maximum atomic E-state index is 10.3. The summed E-state index contributed by atoms with van der Waals surface area (Å²) in [6.45, 7) is 9.65. The molecule has 0 heterocycles. The summed E-state index contributed by atoms with van der Waals surface area (Å²) >= 11 is 0. The highest BCUT2D eigenvalue weighted by molar-refractivity contribution is 5.32. The van der Waals surface area contributed by atoms with E-state index in [-0.39, 0.29) is 0 Å². The third-order valence-electron chi connectivity index (χ3n) is 5.80. The summed E-state index contributed by atoms with van der Waals surface area (Å²) < 4.78 is 0. The predicted molar refractivity (Wildman–Crippen MR) is 110 cm³/mol. The van der Waals surface area contributed by atoms with Crippen molar-refractivity contribution in [3.63, 3.8) is 0 Å². The number of rotatable bonds is 7. The zero-order chi connectivity index (χ0) is 19.0. The molecular weight excluding hydrogens is 320 g/mol. The molecule has 1 atom stereocenters. The van der Waals surface area contributed by atoms with E-state index in [1.54, 1.807) is 0 Å². The van der Waals surface area contributed by atoms with Crippen molar-refractivity contribution in [2.45, 2.75) is 89.1 Å². The summed E-state index contributed by atoms with van der Waals surface area (Å²) in [5, 5.41) is 18.9. The van der Waals surface area contributed by atoms with Gasteiger partial charge in [0, 0.05) is 6.42 Å².